The van der Waals surface area contributed by atoms with Gasteiger partial charge in [-0.25, -0.2) is 0 Å². The normalized spacial score (nSPS) is 39.7. The lowest BCUT2D eigenvalue weighted by molar-refractivity contribution is -0.212. The molecule has 4 aliphatic carbocycles. The van der Waals surface area contributed by atoms with E-state index >= 15 is 0 Å². The fourth-order valence-corrected chi connectivity index (χ4v) is 5.71. The molecule has 0 aliphatic heterocycles. The average molecular weight is 347 g/mol. The van der Waals surface area contributed by atoms with E-state index in [1.54, 1.807) is 0 Å². The molecule has 0 aromatic carbocycles. The molecule has 3 heteroatoms. The molecule has 0 amide bonds. The number of hydrogen-bond donors (Lipinski definition) is 0. The second-order valence-corrected chi connectivity index (χ2v) is 9.63. The first-order valence-electron chi connectivity index (χ1n) is 10.2. The minimum atomic E-state index is -0.526. The zero-order chi connectivity index (χ0) is 18.4. The number of rotatable bonds is 7. The van der Waals surface area contributed by atoms with E-state index in [0.717, 1.165) is 18.3 Å². The molecule has 2 unspecified atom stereocenters. The Balaban J connectivity index is 1.68. The monoisotopic (exact) mass is 346 g/mol. The van der Waals surface area contributed by atoms with Gasteiger partial charge < -0.3 is 4.74 Å². The van der Waals surface area contributed by atoms with Gasteiger partial charge >= 0.3 is 5.97 Å². The molecule has 0 heterocycles. The number of hydrogen-bond acceptors (Lipinski definition) is 3. The molecule has 2 radical (unpaired) electrons. The Labute approximate surface area is 153 Å². The second kappa shape index (κ2) is 6.70. The van der Waals surface area contributed by atoms with Gasteiger partial charge in [-0.3, -0.25) is 9.59 Å². The summed E-state index contributed by atoms with van der Waals surface area (Å²) in [5.74, 6) is 2.25. The lowest BCUT2D eigenvalue weighted by Crippen LogP contribution is -2.58. The van der Waals surface area contributed by atoms with Crippen molar-refractivity contribution in [2.45, 2.75) is 84.7 Å². The zero-order valence-electron chi connectivity index (χ0n) is 16.3. The van der Waals surface area contributed by atoms with Crippen molar-refractivity contribution < 1.29 is 14.3 Å². The van der Waals surface area contributed by atoms with Crippen LogP contribution in [0.2, 0.25) is 0 Å². The van der Waals surface area contributed by atoms with Crippen molar-refractivity contribution in [3.8, 4) is 0 Å². The highest BCUT2D eigenvalue weighted by Crippen LogP contribution is 2.59. The molecule has 0 spiro atoms. The van der Waals surface area contributed by atoms with Crippen LogP contribution in [-0.2, 0) is 14.3 Å². The Morgan fingerprint density at radius 3 is 2.12 bits per heavy atom. The maximum Gasteiger partial charge on any atom is 0.312 e. The van der Waals surface area contributed by atoms with Gasteiger partial charge in [0.05, 0.1) is 5.41 Å². The van der Waals surface area contributed by atoms with Crippen molar-refractivity contribution in [1.29, 1.82) is 0 Å². The Kier molecular flexibility index (Phi) is 5.07. The summed E-state index contributed by atoms with van der Waals surface area (Å²) in [6.45, 7) is 13.4. The number of ketones is 1. The first kappa shape index (κ1) is 18.9. The van der Waals surface area contributed by atoms with Crippen LogP contribution in [0, 0.1) is 41.9 Å². The van der Waals surface area contributed by atoms with E-state index in [4.69, 9.17) is 11.7 Å². The van der Waals surface area contributed by atoms with E-state index in [2.05, 4.69) is 6.92 Å². The van der Waals surface area contributed by atoms with E-state index < -0.39 is 5.41 Å². The van der Waals surface area contributed by atoms with Crippen molar-refractivity contribution in [3.63, 3.8) is 0 Å². The third-order valence-electron chi connectivity index (χ3n) is 7.96. The van der Waals surface area contributed by atoms with E-state index in [-0.39, 0.29) is 23.3 Å². The Morgan fingerprint density at radius 1 is 1.16 bits per heavy atom. The van der Waals surface area contributed by atoms with E-state index in [1.165, 1.54) is 32.1 Å². The first-order valence-corrected chi connectivity index (χ1v) is 10.2. The summed E-state index contributed by atoms with van der Waals surface area (Å²) in [6, 6.07) is 0. The number of ether oxygens (including phenoxy) is 1. The van der Waals surface area contributed by atoms with Crippen molar-refractivity contribution >= 4 is 11.8 Å². The maximum atomic E-state index is 13.1. The molecule has 140 valence electrons. The van der Waals surface area contributed by atoms with E-state index in [0.29, 0.717) is 24.7 Å². The summed E-state index contributed by atoms with van der Waals surface area (Å²) in [5, 5.41) is 0. The topological polar surface area (TPSA) is 43.4 Å². The van der Waals surface area contributed by atoms with Crippen LogP contribution in [0.25, 0.3) is 0 Å². The molecule has 0 aromatic rings. The highest BCUT2D eigenvalue weighted by Gasteiger charge is 2.57. The number of Topliss-reactive ketones (excluding diaryl/α,β-unsaturated/α-hetero) is 1. The van der Waals surface area contributed by atoms with Crippen LogP contribution in [0.5, 0.6) is 0 Å². The Bertz CT molecular complexity index is 509. The highest BCUT2D eigenvalue weighted by atomic mass is 16.6. The van der Waals surface area contributed by atoms with Gasteiger partial charge in [-0.2, -0.15) is 0 Å². The fraction of sp³-hybridized carbons (Fsp3) is 0.864. The van der Waals surface area contributed by atoms with Gasteiger partial charge in [-0.15, -0.1) is 0 Å². The van der Waals surface area contributed by atoms with Crippen molar-refractivity contribution in [2.24, 2.45) is 35.0 Å². The molecule has 2 atom stereocenters. The largest absolute Gasteiger partial charge is 0.458 e. The first-order chi connectivity index (χ1) is 11.7. The van der Waals surface area contributed by atoms with Gasteiger partial charge in [0, 0.05) is 12.8 Å². The summed E-state index contributed by atoms with van der Waals surface area (Å²) in [7, 11) is 0. The van der Waals surface area contributed by atoms with Crippen molar-refractivity contribution in [2.75, 3.05) is 0 Å². The molecule has 3 nitrogen and oxygen atoms in total. The predicted octanol–water partition coefficient (Wildman–Crippen LogP) is 4.86. The molecular formula is C22H34O3. The molecule has 0 saturated heterocycles. The molecule has 4 fully saturated rings. The van der Waals surface area contributed by atoms with Crippen molar-refractivity contribution in [3.05, 3.63) is 6.92 Å². The van der Waals surface area contributed by atoms with Crippen molar-refractivity contribution in [1.82, 2.24) is 0 Å². The summed E-state index contributed by atoms with van der Waals surface area (Å²) >= 11 is 0. The number of carbonyl (C=O) groups is 2. The predicted molar refractivity (Wildman–Crippen MR) is 97.6 cm³/mol. The molecule has 4 rings (SSSR count). The highest BCUT2D eigenvalue weighted by molar-refractivity contribution is 5.84. The Morgan fingerprint density at radius 2 is 1.68 bits per heavy atom. The van der Waals surface area contributed by atoms with Crippen LogP contribution in [0.4, 0.5) is 0 Å². The van der Waals surface area contributed by atoms with Crippen LogP contribution in [0.15, 0.2) is 0 Å². The summed E-state index contributed by atoms with van der Waals surface area (Å²) in [5.41, 5.74) is -0.808. The molecule has 4 saturated carbocycles. The summed E-state index contributed by atoms with van der Waals surface area (Å²) in [4.78, 5) is 24.5. The quantitative estimate of drug-likeness (QED) is 0.618. The second-order valence-electron chi connectivity index (χ2n) is 9.63. The third kappa shape index (κ3) is 3.40. The Hall–Kier alpha value is -0.860. The van der Waals surface area contributed by atoms with Gasteiger partial charge in [0.2, 0.25) is 0 Å². The molecule has 0 N–H and O–H groups in total. The molecule has 0 aromatic heterocycles. The summed E-state index contributed by atoms with van der Waals surface area (Å²) < 4.78 is 6.31. The third-order valence-corrected chi connectivity index (χ3v) is 7.96. The smallest absolute Gasteiger partial charge is 0.312 e. The minimum absolute atomic E-state index is 0.0679. The lowest BCUT2D eigenvalue weighted by Gasteiger charge is -2.59. The van der Waals surface area contributed by atoms with Crippen LogP contribution in [0.1, 0.15) is 79.1 Å². The van der Waals surface area contributed by atoms with Crippen LogP contribution >= 0.6 is 0 Å². The molecular weight excluding hydrogens is 312 g/mol. The van der Waals surface area contributed by atoms with Gasteiger partial charge in [0.15, 0.2) is 0 Å². The van der Waals surface area contributed by atoms with Crippen LogP contribution in [0.3, 0.4) is 0 Å². The van der Waals surface area contributed by atoms with Crippen LogP contribution in [-0.4, -0.2) is 17.4 Å². The lowest BCUT2D eigenvalue weighted by atomic mass is 9.50. The van der Waals surface area contributed by atoms with E-state index in [9.17, 15) is 9.59 Å². The SMILES string of the molecule is [CH]C(=O)C(C)CCC(C)(CC)C(=O)OC1(C)C2CC3CC(C2)CC1C3. The van der Waals surface area contributed by atoms with Gasteiger partial charge in [0.1, 0.15) is 11.4 Å². The molecule has 4 bridgehead atoms. The summed E-state index contributed by atoms with van der Waals surface area (Å²) in [6.07, 6.45) is 8.36. The van der Waals surface area contributed by atoms with Gasteiger partial charge in [-0.1, -0.05) is 13.8 Å². The molecule has 25 heavy (non-hydrogen) atoms. The minimum Gasteiger partial charge on any atom is -0.458 e. The van der Waals surface area contributed by atoms with E-state index in [1.807, 2.05) is 20.8 Å². The van der Waals surface area contributed by atoms with Gasteiger partial charge in [0.25, 0.3) is 0 Å². The zero-order valence-corrected chi connectivity index (χ0v) is 16.3. The van der Waals surface area contributed by atoms with Crippen LogP contribution < -0.4 is 0 Å². The number of esters is 1. The van der Waals surface area contributed by atoms with Gasteiger partial charge in [-0.05, 0) is 88.9 Å². The molecule has 4 aliphatic rings. The number of carbonyl (C=O) groups excluding carboxylic acids is 2. The average Bonchev–Trinajstić information content (AvgIpc) is 2.56. The maximum absolute atomic E-state index is 13.1. The fourth-order valence-electron chi connectivity index (χ4n) is 5.71. The standard InChI is InChI=1S/C22H34O3/c1-6-21(4,8-7-14(2)15(3)23)20(24)25-22(5)18-10-16-9-17(12-18)13-19(22)11-16/h3,14,16-19H,6-13H2,1-2,4-5H3.